The quantitative estimate of drug-likeness (QED) is 0.771. The molecule has 0 aliphatic carbocycles. The number of hydrogen-bond donors (Lipinski definition) is 2. The van der Waals surface area contributed by atoms with E-state index in [1.807, 2.05) is 30.5 Å². The Kier molecular flexibility index (Phi) is 2.94. The number of furan rings is 1. The van der Waals surface area contributed by atoms with Crippen LogP contribution in [-0.2, 0) is 6.54 Å². The van der Waals surface area contributed by atoms with E-state index in [9.17, 15) is 4.79 Å². The van der Waals surface area contributed by atoms with Crippen LogP contribution >= 0.6 is 0 Å². The van der Waals surface area contributed by atoms with Crippen molar-refractivity contribution < 1.29 is 14.3 Å². The van der Waals surface area contributed by atoms with Gasteiger partial charge in [-0.15, -0.1) is 0 Å². The number of carboxylic acids is 1. The summed E-state index contributed by atoms with van der Waals surface area (Å²) in [4.78, 5) is 15.2. The predicted molar refractivity (Wildman–Crippen MR) is 78.4 cm³/mol. The number of hydrogen-bond acceptors (Lipinski definition) is 4. The van der Waals surface area contributed by atoms with Crippen molar-refractivity contribution in [2.75, 3.05) is 5.73 Å². The first-order valence-corrected chi connectivity index (χ1v) is 6.50. The molecule has 2 heterocycles. The van der Waals surface area contributed by atoms with Crippen molar-refractivity contribution in [1.82, 2.24) is 9.55 Å². The Morgan fingerprint density at radius 3 is 2.71 bits per heavy atom. The topological polar surface area (TPSA) is 94.3 Å². The van der Waals surface area contributed by atoms with Crippen molar-refractivity contribution >= 4 is 23.0 Å². The second-order valence-corrected chi connectivity index (χ2v) is 5.05. The third-order valence-corrected chi connectivity index (χ3v) is 3.58. The lowest BCUT2D eigenvalue weighted by atomic mass is 10.1. The molecule has 3 N–H and O–H groups in total. The molecule has 0 saturated carbocycles. The van der Waals surface area contributed by atoms with E-state index in [1.165, 1.54) is 6.07 Å². The molecule has 108 valence electrons. The molecule has 1 aromatic carbocycles. The molecule has 0 atom stereocenters. The molecule has 0 fully saturated rings. The molecule has 21 heavy (non-hydrogen) atoms. The standard InChI is InChI=1S/C15H15N3O3/c1-8-5-11-12(6-9(8)2)18(15(16)17-11)7-10-3-4-13(21-10)14(19)20/h3-6H,7H2,1-2H3,(H2,16,17)(H,19,20). The van der Waals surface area contributed by atoms with Crippen molar-refractivity contribution in [2.45, 2.75) is 20.4 Å². The molecule has 3 rings (SSSR count). The number of rotatable bonds is 3. The molecule has 3 aromatic rings. The van der Waals surface area contributed by atoms with Gasteiger partial charge in [0.1, 0.15) is 5.76 Å². The van der Waals surface area contributed by atoms with Crippen molar-refractivity contribution in [3.8, 4) is 0 Å². The van der Waals surface area contributed by atoms with E-state index in [4.69, 9.17) is 15.3 Å². The molecule has 6 nitrogen and oxygen atoms in total. The summed E-state index contributed by atoms with van der Waals surface area (Å²) in [5.74, 6) is -0.267. The fourth-order valence-electron chi connectivity index (χ4n) is 2.30. The smallest absolute Gasteiger partial charge is 0.371 e. The van der Waals surface area contributed by atoms with E-state index in [0.717, 1.165) is 22.2 Å². The van der Waals surface area contributed by atoms with Gasteiger partial charge in [0.25, 0.3) is 0 Å². The van der Waals surface area contributed by atoms with Gasteiger partial charge in [0.05, 0.1) is 17.6 Å². The highest BCUT2D eigenvalue weighted by Gasteiger charge is 2.13. The lowest BCUT2D eigenvalue weighted by Crippen LogP contribution is -2.04. The predicted octanol–water partition coefficient (Wildman–Crippen LogP) is 2.57. The maximum atomic E-state index is 10.8. The Hall–Kier alpha value is -2.76. The molecule has 0 amide bonds. The number of aromatic nitrogens is 2. The van der Waals surface area contributed by atoms with E-state index in [-0.39, 0.29) is 5.76 Å². The molecule has 0 unspecified atom stereocenters. The van der Waals surface area contributed by atoms with E-state index >= 15 is 0 Å². The fourth-order valence-corrected chi connectivity index (χ4v) is 2.30. The van der Waals surface area contributed by atoms with Crippen LogP contribution in [0.1, 0.15) is 27.4 Å². The van der Waals surface area contributed by atoms with Crippen molar-refractivity contribution in [3.63, 3.8) is 0 Å². The molecule has 0 bridgehead atoms. The molecule has 2 aromatic heterocycles. The van der Waals surface area contributed by atoms with Gasteiger partial charge >= 0.3 is 5.97 Å². The van der Waals surface area contributed by atoms with Crippen LogP contribution in [0.2, 0.25) is 0 Å². The van der Waals surface area contributed by atoms with Crippen LogP contribution in [0.5, 0.6) is 0 Å². The summed E-state index contributed by atoms with van der Waals surface area (Å²) < 4.78 is 7.08. The highest BCUT2D eigenvalue weighted by molar-refractivity contribution is 5.84. The van der Waals surface area contributed by atoms with Crippen molar-refractivity contribution in [2.24, 2.45) is 0 Å². The van der Waals surface area contributed by atoms with E-state index in [2.05, 4.69) is 4.98 Å². The van der Waals surface area contributed by atoms with Crippen molar-refractivity contribution in [1.29, 1.82) is 0 Å². The largest absolute Gasteiger partial charge is 0.475 e. The van der Waals surface area contributed by atoms with E-state index in [1.54, 1.807) is 6.07 Å². The summed E-state index contributed by atoms with van der Waals surface area (Å²) in [6.45, 7) is 4.39. The Bertz CT molecular complexity index is 845. The molecule has 6 heteroatoms. The van der Waals surface area contributed by atoms with Gasteiger partial charge < -0.3 is 19.8 Å². The summed E-state index contributed by atoms with van der Waals surface area (Å²) in [5, 5.41) is 8.88. The minimum absolute atomic E-state index is 0.0833. The number of nitrogens with zero attached hydrogens (tertiary/aromatic N) is 2. The van der Waals surface area contributed by atoms with Gasteiger partial charge in [-0.3, -0.25) is 0 Å². The van der Waals surface area contributed by atoms with Crippen LogP contribution in [0, 0.1) is 13.8 Å². The van der Waals surface area contributed by atoms with E-state index in [0.29, 0.717) is 18.3 Å². The first-order chi connectivity index (χ1) is 9.95. The lowest BCUT2D eigenvalue weighted by molar-refractivity contribution is 0.0660. The minimum Gasteiger partial charge on any atom is -0.475 e. The number of nitrogen functional groups attached to an aromatic ring is 1. The Balaban J connectivity index is 2.05. The molecule has 0 saturated heterocycles. The number of benzene rings is 1. The normalized spacial score (nSPS) is 11.1. The first-order valence-electron chi connectivity index (χ1n) is 6.50. The van der Waals surface area contributed by atoms with Gasteiger partial charge in [-0.2, -0.15) is 0 Å². The number of carboxylic acid groups (broad SMARTS) is 1. The van der Waals surface area contributed by atoms with Crippen molar-refractivity contribution in [3.05, 3.63) is 46.9 Å². The zero-order valence-electron chi connectivity index (χ0n) is 11.8. The number of imidazole rings is 1. The number of fused-ring (bicyclic) bond motifs is 1. The highest BCUT2D eigenvalue weighted by atomic mass is 16.4. The van der Waals surface area contributed by atoms with Gasteiger partial charge in [-0.05, 0) is 49.2 Å². The number of carbonyl (C=O) groups is 1. The molecular formula is C15H15N3O3. The summed E-state index contributed by atoms with van der Waals surface area (Å²) in [6.07, 6.45) is 0. The van der Waals surface area contributed by atoms with Crippen LogP contribution in [-0.4, -0.2) is 20.6 Å². The summed E-state index contributed by atoms with van der Waals surface area (Å²) in [6, 6.07) is 7.08. The van der Waals surface area contributed by atoms with E-state index < -0.39 is 5.97 Å². The van der Waals surface area contributed by atoms with Gasteiger partial charge in [0.15, 0.2) is 0 Å². The number of nitrogens with two attached hydrogens (primary N) is 1. The third-order valence-electron chi connectivity index (χ3n) is 3.58. The molecule has 0 spiro atoms. The van der Waals surface area contributed by atoms with Crippen LogP contribution in [0.15, 0.2) is 28.7 Å². The minimum atomic E-state index is -1.09. The molecule has 0 aliphatic rings. The molecular weight excluding hydrogens is 270 g/mol. The number of anilines is 1. The average Bonchev–Trinajstić information content (AvgIpc) is 2.98. The summed E-state index contributed by atoms with van der Waals surface area (Å²) in [5.41, 5.74) is 9.99. The van der Waals surface area contributed by atoms with Crippen LogP contribution in [0.3, 0.4) is 0 Å². The molecule has 0 aliphatic heterocycles. The SMILES string of the molecule is Cc1cc2nc(N)n(Cc3ccc(C(=O)O)o3)c2cc1C. The van der Waals surface area contributed by atoms with Gasteiger partial charge in [-0.25, -0.2) is 9.78 Å². The summed E-state index contributed by atoms with van der Waals surface area (Å²) >= 11 is 0. The maximum Gasteiger partial charge on any atom is 0.371 e. The number of aryl methyl sites for hydroxylation is 2. The first kappa shape index (κ1) is 13.2. The fraction of sp³-hybridized carbons (Fsp3) is 0.200. The Labute approximate surface area is 120 Å². The van der Waals surface area contributed by atoms with Gasteiger partial charge in [0.2, 0.25) is 11.7 Å². The Morgan fingerprint density at radius 1 is 1.33 bits per heavy atom. The zero-order valence-corrected chi connectivity index (χ0v) is 11.8. The van der Waals surface area contributed by atoms with Crippen LogP contribution < -0.4 is 5.73 Å². The Morgan fingerprint density at radius 2 is 2.05 bits per heavy atom. The van der Waals surface area contributed by atoms with Crippen LogP contribution in [0.25, 0.3) is 11.0 Å². The van der Waals surface area contributed by atoms with Gasteiger partial charge in [-0.1, -0.05) is 0 Å². The lowest BCUT2D eigenvalue weighted by Gasteiger charge is -2.05. The zero-order chi connectivity index (χ0) is 15.1. The second-order valence-electron chi connectivity index (χ2n) is 5.05. The van der Waals surface area contributed by atoms with Crippen LogP contribution in [0.4, 0.5) is 5.95 Å². The second kappa shape index (κ2) is 4.66. The third kappa shape index (κ3) is 2.24. The summed E-state index contributed by atoms with van der Waals surface area (Å²) in [7, 11) is 0. The van der Waals surface area contributed by atoms with Gasteiger partial charge in [0, 0.05) is 0 Å². The number of aromatic carboxylic acids is 1. The maximum absolute atomic E-state index is 10.8. The highest BCUT2D eigenvalue weighted by Crippen LogP contribution is 2.23. The molecule has 0 radical (unpaired) electrons. The monoisotopic (exact) mass is 285 g/mol. The average molecular weight is 285 g/mol.